The molecule has 1 aromatic rings. The molecule has 1 aliphatic heterocycles. The highest BCUT2D eigenvalue weighted by molar-refractivity contribution is 6.04. The van der Waals surface area contributed by atoms with Gasteiger partial charge in [0.15, 0.2) is 0 Å². The lowest BCUT2D eigenvalue weighted by Crippen LogP contribution is -2.26. The number of nitrogens with zero attached hydrogens (tertiary/aromatic N) is 1. The standard InChI is InChI=1S/C15H19NO3/c17-16-14-8-7-13-12(14)5-3-6-15(13)19-10-11-4-1-2-9-18-11/h3,5-6,11,17H,1-2,4,7-10H2. The summed E-state index contributed by atoms with van der Waals surface area (Å²) >= 11 is 0. The van der Waals surface area contributed by atoms with E-state index in [9.17, 15) is 0 Å². The summed E-state index contributed by atoms with van der Waals surface area (Å²) in [6.07, 6.45) is 5.36. The first-order valence-electron chi connectivity index (χ1n) is 6.96. The van der Waals surface area contributed by atoms with Crippen LogP contribution in [0.25, 0.3) is 0 Å². The van der Waals surface area contributed by atoms with E-state index in [2.05, 4.69) is 5.16 Å². The number of benzene rings is 1. The minimum atomic E-state index is 0.219. The van der Waals surface area contributed by atoms with E-state index in [1.807, 2.05) is 18.2 Å². The average Bonchev–Trinajstić information content (AvgIpc) is 2.90. The minimum Gasteiger partial charge on any atom is -0.491 e. The third-order valence-corrected chi connectivity index (χ3v) is 3.88. The van der Waals surface area contributed by atoms with Gasteiger partial charge in [0, 0.05) is 17.7 Å². The second-order valence-corrected chi connectivity index (χ2v) is 5.13. The van der Waals surface area contributed by atoms with Gasteiger partial charge in [0.2, 0.25) is 0 Å². The molecular weight excluding hydrogens is 242 g/mol. The van der Waals surface area contributed by atoms with E-state index in [0.717, 1.165) is 54.9 Å². The van der Waals surface area contributed by atoms with Crippen LogP contribution in [0.4, 0.5) is 0 Å². The van der Waals surface area contributed by atoms with Gasteiger partial charge in [-0.25, -0.2) is 0 Å². The van der Waals surface area contributed by atoms with E-state index in [1.54, 1.807) is 0 Å². The van der Waals surface area contributed by atoms with Crippen molar-refractivity contribution in [3.05, 3.63) is 29.3 Å². The van der Waals surface area contributed by atoms with Crippen LogP contribution in [0, 0.1) is 0 Å². The van der Waals surface area contributed by atoms with Crippen LogP contribution in [0.1, 0.15) is 36.8 Å². The molecule has 0 saturated carbocycles. The van der Waals surface area contributed by atoms with Crippen molar-refractivity contribution >= 4 is 5.71 Å². The quantitative estimate of drug-likeness (QED) is 0.672. The number of rotatable bonds is 3. The Bertz CT molecular complexity index is 478. The van der Waals surface area contributed by atoms with Crippen molar-refractivity contribution in [2.24, 2.45) is 5.16 Å². The van der Waals surface area contributed by atoms with E-state index in [-0.39, 0.29) is 6.10 Å². The smallest absolute Gasteiger partial charge is 0.123 e. The van der Waals surface area contributed by atoms with Crippen molar-refractivity contribution in [2.75, 3.05) is 13.2 Å². The maximum atomic E-state index is 8.96. The third-order valence-electron chi connectivity index (χ3n) is 3.88. The molecular formula is C15H19NO3. The minimum absolute atomic E-state index is 0.219. The highest BCUT2D eigenvalue weighted by Crippen LogP contribution is 2.31. The summed E-state index contributed by atoms with van der Waals surface area (Å²) < 4.78 is 11.6. The van der Waals surface area contributed by atoms with Crippen molar-refractivity contribution in [2.45, 2.75) is 38.2 Å². The van der Waals surface area contributed by atoms with Crippen LogP contribution in [-0.4, -0.2) is 30.2 Å². The van der Waals surface area contributed by atoms with E-state index < -0.39 is 0 Å². The molecule has 1 unspecified atom stereocenters. The normalized spacial score (nSPS) is 24.4. The van der Waals surface area contributed by atoms with E-state index in [4.69, 9.17) is 14.7 Å². The van der Waals surface area contributed by atoms with Crippen molar-refractivity contribution in [1.29, 1.82) is 0 Å². The van der Waals surface area contributed by atoms with Gasteiger partial charge in [-0.2, -0.15) is 0 Å². The average molecular weight is 261 g/mol. The van der Waals surface area contributed by atoms with Crippen LogP contribution in [0.2, 0.25) is 0 Å². The molecule has 4 nitrogen and oxygen atoms in total. The van der Waals surface area contributed by atoms with Crippen LogP contribution in [-0.2, 0) is 11.2 Å². The Labute approximate surface area is 113 Å². The number of hydrogen-bond acceptors (Lipinski definition) is 4. The summed E-state index contributed by atoms with van der Waals surface area (Å²) in [7, 11) is 0. The van der Waals surface area contributed by atoms with Gasteiger partial charge >= 0.3 is 0 Å². The molecule has 0 radical (unpaired) electrons. The zero-order valence-electron chi connectivity index (χ0n) is 11.0. The molecule has 1 atom stereocenters. The maximum Gasteiger partial charge on any atom is 0.123 e. The first-order chi connectivity index (χ1) is 9.38. The first-order valence-corrected chi connectivity index (χ1v) is 6.96. The second-order valence-electron chi connectivity index (χ2n) is 5.13. The fraction of sp³-hybridized carbons (Fsp3) is 0.533. The molecule has 1 saturated heterocycles. The molecule has 2 aliphatic rings. The van der Waals surface area contributed by atoms with Crippen LogP contribution < -0.4 is 4.74 Å². The third kappa shape index (κ3) is 2.59. The van der Waals surface area contributed by atoms with Gasteiger partial charge in [-0.05, 0) is 38.2 Å². The molecule has 102 valence electrons. The molecule has 4 heteroatoms. The number of fused-ring (bicyclic) bond motifs is 1. The fourth-order valence-corrected chi connectivity index (χ4v) is 2.83. The summed E-state index contributed by atoms with van der Waals surface area (Å²) in [6.45, 7) is 1.46. The molecule has 0 bridgehead atoms. The van der Waals surface area contributed by atoms with Gasteiger partial charge < -0.3 is 14.7 Å². The molecule has 1 heterocycles. The lowest BCUT2D eigenvalue weighted by atomic mass is 10.1. The van der Waals surface area contributed by atoms with Crippen molar-refractivity contribution < 1.29 is 14.7 Å². The van der Waals surface area contributed by atoms with Crippen molar-refractivity contribution in [3.8, 4) is 5.75 Å². The summed E-state index contributed by atoms with van der Waals surface area (Å²) in [4.78, 5) is 0. The van der Waals surface area contributed by atoms with Gasteiger partial charge in [-0.1, -0.05) is 17.3 Å². The topological polar surface area (TPSA) is 51.1 Å². The highest BCUT2D eigenvalue weighted by Gasteiger charge is 2.22. The van der Waals surface area contributed by atoms with Gasteiger partial charge in [-0.15, -0.1) is 0 Å². The molecule has 0 spiro atoms. The van der Waals surface area contributed by atoms with Gasteiger partial charge in [-0.3, -0.25) is 0 Å². The van der Waals surface area contributed by atoms with E-state index in [0.29, 0.717) is 6.61 Å². The Morgan fingerprint density at radius 3 is 3.05 bits per heavy atom. The zero-order valence-corrected chi connectivity index (χ0v) is 11.0. The Morgan fingerprint density at radius 2 is 2.26 bits per heavy atom. The molecule has 1 fully saturated rings. The Balaban J connectivity index is 1.70. The Morgan fingerprint density at radius 1 is 1.32 bits per heavy atom. The molecule has 19 heavy (non-hydrogen) atoms. The lowest BCUT2D eigenvalue weighted by molar-refractivity contribution is -0.0112. The number of oxime groups is 1. The highest BCUT2D eigenvalue weighted by atomic mass is 16.5. The van der Waals surface area contributed by atoms with Crippen molar-refractivity contribution in [1.82, 2.24) is 0 Å². The van der Waals surface area contributed by atoms with Crippen molar-refractivity contribution in [3.63, 3.8) is 0 Å². The largest absolute Gasteiger partial charge is 0.491 e. The fourth-order valence-electron chi connectivity index (χ4n) is 2.83. The lowest BCUT2D eigenvalue weighted by Gasteiger charge is -2.23. The SMILES string of the molecule is ON=C1CCc2c(OCC3CCCCO3)cccc21. The zero-order chi connectivity index (χ0) is 13.1. The maximum absolute atomic E-state index is 8.96. The van der Waals surface area contributed by atoms with Gasteiger partial charge in [0.05, 0.1) is 11.8 Å². The van der Waals surface area contributed by atoms with Gasteiger partial charge in [0.25, 0.3) is 0 Å². The predicted octanol–water partition coefficient (Wildman–Crippen LogP) is 2.76. The van der Waals surface area contributed by atoms with Gasteiger partial charge in [0.1, 0.15) is 12.4 Å². The van der Waals surface area contributed by atoms with E-state index >= 15 is 0 Å². The van der Waals surface area contributed by atoms with E-state index in [1.165, 1.54) is 6.42 Å². The molecule has 0 aromatic heterocycles. The van der Waals surface area contributed by atoms with Crippen LogP contribution in [0.5, 0.6) is 5.75 Å². The Kier molecular flexibility index (Phi) is 3.69. The van der Waals surface area contributed by atoms with Crippen LogP contribution >= 0.6 is 0 Å². The first kappa shape index (κ1) is 12.5. The number of hydrogen-bond donors (Lipinski definition) is 1. The summed E-state index contributed by atoms with van der Waals surface area (Å²) in [6, 6.07) is 5.93. The second kappa shape index (κ2) is 5.61. The number of ether oxygens (including phenoxy) is 2. The Hall–Kier alpha value is -1.55. The summed E-state index contributed by atoms with van der Waals surface area (Å²) in [5.41, 5.74) is 2.94. The van der Waals surface area contributed by atoms with Crippen LogP contribution in [0.15, 0.2) is 23.4 Å². The molecule has 1 aliphatic carbocycles. The monoisotopic (exact) mass is 261 g/mol. The molecule has 0 amide bonds. The summed E-state index contributed by atoms with van der Waals surface area (Å²) in [5, 5.41) is 12.3. The summed E-state index contributed by atoms with van der Waals surface area (Å²) in [5.74, 6) is 0.908. The molecule has 1 aromatic carbocycles. The molecule has 3 rings (SSSR count). The molecule has 1 N–H and O–H groups in total. The predicted molar refractivity (Wildman–Crippen MR) is 72.2 cm³/mol. The van der Waals surface area contributed by atoms with Crippen LogP contribution in [0.3, 0.4) is 0 Å².